The second-order valence-corrected chi connectivity index (χ2v) is 5.27. The molecule has 0 aromatic carbocycles. The molecule has 0 atom stereocenters. The number of hydrogen-bond donors (Lipinski definition) is 1. The van der Waals surface area contributed by atoms with Crippen molar-refractivity contribution >= 4 is 0 Å². The third-order valence-corrected chi connectivity index (χ3v) is 4.03. The van der Waals surface area contributed by atoms with Gasteiger partial charge in [0.25, 0.3) is 5.56 Å². The SMILES string of the molecule is CCCCn1c2c(cc(CN)c1=O)CN(CC)CC2. The molecule has 2 rings (SSSR count). The van der Waals surface area contributed by atoms with Crippen LogP contribution in [0.15, 0.2) is 10.9 Å². The van der Waals surface area contributed by atoms with Crippen molar-refractivity contribution in [2.75, 3.05) is 13.1 Å². The summed E-state index contributed by atoms with van der Waals surface area (Å²) < 4.78 is 1.98. The molecular weight excluding hydrogens is 238 g/mol. The Hall–Kier alpha value is -1.13. The van der Waals surface area contributed by atoms with E-state index in [1.807, 2.05) is 10.6 Å². The van der Waals surface area contributed by atoms with Crippen LogP contribution in [-0.2, 0) is 26.1 Å². The highest BCUT2D eigenvalue weighted by Gasteiger charge is 2.20. The van der Waals surface area contributed by atoms with Crippen LogP contribution in [0.4, 0.5) is 0 Å². The van der Waals surface area contributed by atoms with Gasteiger partial charge in [-0.1, -0.05) is 20.3 Å². The first kappa shape index (κ1) is 14.3. The maximum atomic E-state index is 12.4. The molecule has 0 saturated carbocycles. The van der Waals surface area contributed by atoms with Gasteiger partial charge in [0, 0.05) is 43.9 Å². The van der Waals surface area contributed by atoms with Crippen LogP contribution in [0.3, 0.4) is 0 Å². The highest BCUT2D eigenvalue weighted by atomic mass is 16.1. The van der Waals surface area contributed by atoms with Crippen molar-refractivity contribution in [2.24, 2.45) is 5.73 Å². The average Bonchev–Trinajstić information content (AvgIpc) is 2.45. The van der Waals surface area contributed by atoms with Crippen molar-refractivity contribution in [3.05, 3.63) is 33.2 Å². The first-order valence-electron chi connectivity index (χ1n) is 7.38. The summed E-state index contributed by atoms with van der Waals surface area (Å²) in [4.78, 5) is 14.8. The zero-order chi connectivity index (χ0) is 13.8. The molecule has 2 N–H and O–H groups in total. The number of likely N-dealkylation sites (N-methyl/N-ethyl adjacent to an activating group) is 1. The summed E-state index contributed by atoms with van der Waals surface area (Å²) >= 11 is 0. The number of fused-ring (bicyclic) bond motifs is 1. The van der Waals surface area contributed by atoms with E-state index in [4.69, 9.17) is 5.73 Å². The fraction of sp³-hybridized carbons (Fsp3) is 0.667. The fourth-order valence-electron chi connectivity index (χ4n) is 2.81. The number of unbranched alkanes of at least 4 members (excludes halogenated alkanes) is 1. The lowest BCUT2D eigenvalue weighted by molar-refractivity contribution is 0.261. The van der Waals surface area contributed by atoms with E-state index in [0.29, 0.717) is 6.54 Å². The van der Waals surface area contributed by atoms with Gasteiger partial charge in [0.1, 0.15) is 0 Å². The predicted molar refractivity (Wildman–Crippen MR) is 78.2 cm³/mol. The topological polar surface area (TPSA) is 51.3 Å². The third-order valence-electron chi connectivity index (χ3n) is 4.03. The molecule has 0 unspecified atom stereocenters. The summed E-state index contributed by atoms with van der Waals surface area (Å²) in [6.07, 6.45) is 3.14. The van der Waals surface area contributed by atoms with Gasteiger partial charge in [-0.2, -0.15) is 0 Å². The zero-order valence-corrected chi connectivity index (χ0v) is 12.1. The Labute approximate surface area is 115 Å². The number of nitrogens with two attached hydrogens (primary N) is 1. The number of rotatable bonds is 5. The standard InChI is InChI=1S/C15H25N3O/c1-3-5-7-18-14-6-8-17(4-2)11-13(14)9-12(10-16)15(18)19/h9H,3-8,10-11,16H2,1-2H3. The van der Waals surface area contributed by atoms with Crippen LogP contribution in [0.5, 0.6) is 0 Å². The predicted octanol–water partition coefficient (Wildman–Crippen LogP) is 1.49. The molecule has 4 nitrogen and oxygen atoms in total. The number of hydrogen-bond acceptors (Lipinski definition) is 3. The van der Waals surface area contributed by atoms with E-state index >= 15 is 0 Å². The molecule has 0 saturated heterocycles. The smallest absolute Gasteiger partial charge is 0.255 e. The van der Waals surface area contributed by atoms with Gasteiger partial charge < -0.3 is 10.3 Å². The summed E-state index contributed by atoms with van der Waals surface area (Å²) in [6, 6.07) is 2.03. The quantitative estimate of drug-likeness (QED) is 0.875. The van der Waals surface area contributed by atoms with Crippen LogP contribution in [0.25, 0.3) is 0 Å². The molecule has 0 aliphatic carbocycles. The van der Waals surface area contributed by atoms with Gasteiger partial charge in [-0.25, -0.2) is 0 Å². The molecule has 0 amide bonds. The Morgan fingerprint density at radius 3 is 2.79 bits per heavy atom. The van der Waals surface area contributed by atoms with E-state index in [2.05, 4.69) is 18.7 Å². The summed E-state index contributed by atoms with van der Waals surface area (Å²) in [5.74, 6) is 0. The number of pyridine rings is 1. The van der Waals surface area contributed by atoms with Crippen LogP contribution in [0.1, 0.15) is 43.5 Å². The molecule has 0 spiro atoms. The van der Waals surface area contributed by atoms with Gasteiger partial charge in [0.2, 0.25) is 0 Å². The van der Waals surface area contributed by atoms with Crippen molar-refractivity contribution < 1.29 is 0 Å². The highest BCUT2D eigenvalue weighted by Crippen LogP contribution is 2.19. The molecule has 1 aromatic rings. The first-order chi connectivity index (χ1) is 9.21. The molecule has 19 heavy (non-hydrogen) atoms. The normalized spacial score (nSPS) is 15.5. The summed E-state index contributed by atoms with van der Waals surface area (Å²) in [7, 11) is 0. The minimum atomic E-state index is 0.125. The fourth-order valence-corrected chi connectivity index (χ4v) is 2.81. The Morgan fingerprint density at radius 2 is 2.16 bits per heavy atom. The van der Waals surface area contributed by atoms with E-state index in [9.17, 15) is 4.79 Å². The molecular formula is C15H25N3O. The number of aromatic nitrogens is 1. The van der Waals surface area contributed by atoms with Crippen molar-refractivity contribution in [1.82, 2.24) is 9.47 Å². The van der Waals surface area contributed by atoms with Gasteiger partial charge in [-0.15, -0.1) is 0 Å². The van der Waals surface area contributed by atoms with Crippen LogP contribution < -0.4 is 11.3 Å². The van der Waals surface area contributed by atoms with E-state index in [1.165, 1.54) is 11.3 Å². The van der Waals surface area contributed by atoms with Crippen LogP contribution >= 0.6 is 0 Å². The first-order valence-corrected chi connectivity index (χ1v) is 7.38. The van der Waals surface area contributed by atoms with Gasteiger partial charge in [-0.3, -0.25) is 9.69 Å². The maximum Gasteiger partial charge on any atom is 0.255 e. The highest BCUT2D eigenvalue weighted by molar-refractivity contribution is 5.29. The summed E-state index contributed by atoms with van der Waals surface area (Å²) in [5.41, 5.74) is 9.14. The van der Waals surface area contributed by atoms with Crippen molar-refractivity contribution in [2.45, 2.75) is 52.7 Å². The zero-order valence-electron chi connectivity index (χ0n) is 12.1. The van der Waals surface area contributed by atoms with Crippen molar-refractivity contribution in [3.63, 3.8) is 0 Å². The van der Waals surface area contributed by atoms with Gasteiger partial charge in [-0.05, 0) is 24.6 Å². The molecule has 0 fully saturated rings. The Balaban J connectivity index is 2.43. The summed E-state index contributed by atoms with van der Waals surface area (Å²) in [5, 5.41) is 0. The van der Waals surface area contributed by atoms with Crippen LogP contribution in [0.2, 0.25) is 0 Å². The maximum absolute atomic E-state index is 12.4. The lowest BCUT2D eigenvalue weighted by Gasteiger charge is -2.30. The number of nitrogens with zero attached hydrogens (tertiary/aromatic N) is 2. The van der Waals surface area contributed by atoms with E-state index < -0.39 is 0 Å². The third kappa shape index (κ3) is 2.90. The van der Waals surface area contributed by atoms with E-state index in [0.717, 1.165) is 51.0 Å². The minimum Gasteiger partial charge on any atom is -0.326 e. The molecule has 4 heteroatoms. The lowest BCUT2D eigenvalue weighted by Crippen LogP contribution is -2.37. The Kier molecular flexibility index (Phi) is 4.77. The molecule has 1 aromatic heterocycles. The van der Waals surface area contributed by atoms with E-state index in [-0.39, 0.29) is 5.56 Å². The monoisotopic (exact) mass is 263 g/mol. The molecule has 1 aliphatic rings. The van der Waals surface area contributed by atoms with Crippen LogP contribution in [0, 0.1) is 0 Å². The minimum absolute atomic E-state index is 0.125. The molecule has 0 radical (unpaired) electrons. The molecule has 1 aliphatic heterocycles. The Morgan fingerprint density at radius 1 is 1.37 bits per heavy atom. The van der Waals surface area contributed by atoms with Gasteiger partial charge in [0.05, 0.1) is 0 Å². The average molecular weight is 263 g/mol. The molecule has 2 heterocycles. The second kappa shape index (κ2) is 6.35. The van der Waals surface area contributed by atoms with Crippen molar-refractivity contribution in [3.8, 4) is 0 Å². The van der Waals surface area contributed by atoms with Gasteiger partial charge >= 0.3 is 0 Å². The van der Waals surface area contributed by atoms with E-state index in [1.54, 1.807) is 0 Å². The van der Waals surface area contributed by atoms with Crippen molar-refractivity contribution in [1.29, 1.82) is 0 Å². The largest absolute Gasteiger partial charge is 0.326 e. The summed E-state index contributed by atoms with van der Waals surface area (Å²) in [6.45, 7) is 8.57. The molecule has 106 valence electrons. The molecule has 0 bridgehead atoms. The Bertz CT molecular complexity index is 493. The second-order valence-electron chi connectivity index (χ2n) is 5.27. The lowest BCUT2D eigenvalue weighted by atomic mass is 10.0. The van der Waals surface area contributed by atoms with Crippen LogP contribution in [-0.4, -0.2) is 22.6 Å². The van der Waals surface area contributed by atoms with Gasteiger partial charge in [0.15, 0.2) is 0 Å².